The maximum atomic E-state index is 13.2. The summed E-state index contributed by atoms with van der Waals surface area (Å²) in [5.74, 6) is 0. The van der Waals surface area contributed by atoms with Gasteiger partial charge >= 0.3 is 6.18 Å². The van der Waals surface area contributed by atoms with Crippen LogP contribution in [0.3, 0.4) is 0 Å². The minimum Gasteiger partial charge on any atom is -0.282 e. The van der Waals surface area contributed by atoms with Crippen LogP contribution in [0, 0.1) is 0 Å². The molecule has 0 aliphatic heterocycles. The fourth-order valence-corrected chi connectivity index (χ4v) is 3.34. The molecule has 0 bridgehead atoms. The summed E-state index contributed by atoms with van der Waals surface area (Å²) in [5, 5.41) is 1.70. The van der Waals surface area contributed by atoms with Crippen LogP contribution in [0.1, 0.15) is 16.8 Å². The van der Waals surface area contributed by atoms with Gasteiger partial charge in [0, 0.05) is 18.0 Å². The van der Waals surface area contributed by atoms with Gasteiger partial charge in [-0.25, -0.2) is 0 Å². The van der Waals surface area contributed by atoms with Crippen LogP contribution in [0.5, 0.6) is 0 Å². The Morgan fingerprint density at radius 3 is 2.44 bits per heavy atom. The van der Waals surface area contributed by atoms with E-state index < -0.39 is 26.8 Å². The van der Waals surface area contributed by atoms with Gasteiger partial charge < -0.3 is 0 Å². The van der Waals surface area contributed by atoms with Crippen LogP contribution in [-0.4, -0.2) is 18.0 Å². The molecule has 3 aromatic rings. The van der Waals surface area contributed by atoms with Gasteiger partial charge in [0.2, 0.25) is 0 Å². The number of alkyl halides is 3. The molecule has 0 fully saturated rings. The zero-order chi connectivity index (χ0) is 18.2. The minimum atomic E-state index is -4.98. The summed E-state index contributed by atoms with van der Waals surface area (Å²) in [6.45, 7) is 0. The molecule has 1 N–H and O–H groups in total. The Morgan fingerprint density at radius 1 is 1.04 bits per heavy atom. The second kappa shape index (κ2) is 6.12. The molecule has 0 radical (unpaired) electrons. The molecular weight excluding hydrogens is 355 g/mol. The largest absolute Gasteiger partial charge is 0.417 e. The highest BCUT2D eigenvalue weighted by molar-refractivity contribution is 7.85. The number of nitrogens with zero attached hydrogens (tertiary/aromatic N) is 1. The smallest absolute Gasteiger partial charge is 0.282 e. The summed E-state index contributed by atoms with van der Waals surface area (Å²) in [4.78, 5) is 3.06. The van der Waals surface area contributed by atoms with E-state index in [-0.39, 0.29) is 12.0 Å². The first kappa shape index (κ1) is 17.4. The number of halogens is 3. The molecule has 0 aliphatic carbocycles. The maximum Gasteiger partial charge on any atom is 0.417 e. The Hall–Kier alpha value is -2.45. The molecule has 0 saturated heterocycles. The molecule has 1 heterocycles. The zero-order valence-corrected chi connectivity index (χ0v) is 13.5. The van der Waals surface area contributed by atoms with Crippen molar-refractivity contribution < 1.29 is 26.1 Å². The summed E-state index contributed by atoms with van der Waals surface area (Å²) in [6, 6.07) is 11.8. The van der Waals surface area contributed by atoms with Crippen LogP contribution < -0.4 is 0 Å². The zero-order valence-electron chi connectivity index (χ0n) is 12.7. The van der Waals surface area contributed by atoms with E-state index in [2.05, 4.69) is 4.98 Å². The highest BCUT2D eigenvalue weighted by atomic mass is 32.2. The van der Waals surface area contributed by atoms with Gasteiger partial charge in [0.05, 0.1) is 11.3 Å². The molecule has 25 heavy (non-hydrogen) atoms. The van der Waals surface area contributed by atoms with Crippen LogP contribution in [0.2, 0.25) is 0 Å². The van der Waals surface area contributed by atoms with E-state index in [1.54, 1.807) is 18.3 Å². The van der Waals surface area contributed by atoms with E-state index in [4.69, 9.17) is 4.55 Å². The Bertz CT molecular complexity index is 1040. The highest BCUT2D eigenvalue weighted by Crippen LogP contribution is 2.35. The van der Waals surface area contributed by atoms with Crippen molar-refractivity contribution in [3.8, 4) is 0 Å². The number of hydrogen-bond donors (Lipinski definition) is 1. The second-order valence-electron chi connectivity index (χ2n) is 5.46. The molecule has 0 amide bonds. The van der Waals surface area contributed by atoms with Crippen LogP contribution in [0.4, 0.5) is 13.2 Å². The summed E-state index contributed by atoms with van der Waals surface area (Å²) in [6.07, 6.45) is -3.25. The molecule has 3 rings (SSSR count). The lowest BCUT2D eigenvalue weighted by molar-refractivity contribution is -0.140. The van der Waals surface area contributed by atoms with E-state index in [1.165, 1.54) is 6.07 Å². The van der Waals surface area contributed by atoms with Crippen molar-refractivity contribution in [1.82, 2.24) is 4.98 Å². The molecular formula is C17H12F3NO3S. The van der Waals surface area contributed by atoms with Gasteiger partial charge in [-0.05, 0) is 29.1 Å². The quantitative estimate of drug-likeness (QED) is 0.708. The third-order valence-corrected chi connectivity index (χ3v) is 4.67. The van der Waals surface area contributed by atoms with Crippen LogP contribution in [0.15, 0.2) is 59.6 Å². The van der Waals surface area contributed by atoms with Gasteiger partial charge in [0.15, 0.2) is 0 Å². The lowest BCUT2D eigenvalue weighted by atomic mass is 10.0. The molecule has 0 atom stereocenters. The van der Waals surface area contributed by atoms with Crippen molar-refractivity contribution in [3.05, 3.63) is 71.5 Å². The van der Waals surface area contributed by atoms with Crippen molar-refractivity contribution >= 4 is 20.9 Å². The molecule has 4 nitrogen and oxygen atoms in total. The first-order valence-electron chi connectivity index (χ1n) is 7.16. The number of aromatic nitrogens is 1. The fraction of sp³-hybridized carbons (Fsp3) is 0.118. The number of pyridine rings is 1. The van der Waals surface area contributed by atoms with E-state index in [1.807, 2.05) is 18.2 Å². The third kappa shape index (κ3) is 3.64. The average Bonchev–Trinajstić information content (AvgIpc) is 2.53. The lowest BCUT2D eigenvalue weighted by Gasteiger charge is -2.13. The summed E-state index contributed by atoms with van der Waals surface area (Å²) in [5.41, 5.74) is -0.581. The number of rotatable bonds is 3. The van der Waals surface area contributed by atoms with Crippen LogP contribution >= 0.6 is 0 Å². The number of fused-ring (bicyclic) bond motifs is 1. The predicted molar refractivity (Wildman–Crippen MR) is 85.8 cm³/mol. The number of benzene rings is 2. The topological polar surface area (TPSA) is 67.3 Å². The van der Waals surface area contributed by atoms with Crippen molar-refractivity contribution in [3.63, 3.8) is 0 Å². The average molecular weight is 367 g/mol. The van der Waals surface area contributed by atoms with Crippen LogP contribution in [0.25, 0.3) is 10.8 Å². The maximum absolute atomic E-state index is 13.2. The van der Waals surface area contributed by atoms with Gasteiger partial charge in [-0.3, -0.25) is 9.54 Å². The molecule has 0 saturated carbocycles. The molecule has 0 unspecified atom stereocenters. The summed E-state index contributed by atoms with van der Waals surface area (Å²) in [7, 11) is -4.98. The number of hydrogen-bond acceptors (Lipinski definition) is 3. The lowest BCUT2D eigenvalue weighted by Crippen LogP contribution is -2.13. The van der Waals surface area contributed by atoms with E-state index in [0.29, 0.717) is 5.69 Å². The molecule has 0 aliphatic rings. The summed E-state index contributed by atoms with van der Waals surface area (Å²) < 4.78 is 70.9. The van der Waals surface area contributed by atoms with Gasteiger partial charge in [0.25, 0.3) is 10.1 Å². The predicted octanol–water partition coefficient (Wildman–Crippen LogP) is 4.09. The van der Waals surface area contributed by atoms with E-state index >= 15 is 0 Å². The molecule has 1 aromatic heterocycles. The first-order valence-corrected chi connectivity index (χ1v) is 8.60. The van der Waals surface area contributed by atoms with E-state index in [0.717, 1.165) is 22.9 Å². The standard InChI is InChI=1S/C17H12F3NO3S/c18-17(19,20)14-9-11(5-6-16(14)25(22,23)24)10-15-13-4-2-1-3-12(13)7-8-21-15/h1-9H,10H2,(H,22,23,24). The Kier molecular flexibility index (Phi) is 4.26. The molecule has 130 valence electrons. The molecule has 0 spiro atoms. The molecule has 8 heteroatoms. The SMILES string of the molecule is O=S(=O)(O)c1ccc(Cc2nccc3ccccc23)cc1C(F)(F)F. The van der Waals surface area contributed by atoms with Crippen molar-refractivity contribution in [1.29, 1.82) is 0 Å². The van der Waals surface area contributed by atoms with Gasteiger partial charge in [-0.1, -0.05) is 30.3 Å². The Labute approximate surface area is 141 Å². The highest BCUT2D eigenvalue weighted by Gasteiger charge is 2.37. The second-order valence-corrected chi connectivity index (χ2v) is 6.85. The van der Waals surface area contributed by atoms with Crippen LogP contribution in [-0.2, 0) is 22.7 Å². The third-order valence-electron chi connectivity index (χ3n) is 3.76. The van der Waals surface area contributed by atoms with Crippen molar-refractivity contribution in [2.45, 2.75) is 17.5 Å². The fourth-order valence-electron chi connectivity index (χ4n) is 2.65. The van der Waals surface area contributed by atoms with Gasteiger partial charge in [0.1, 0.15) is 4.90 Å². The first-order chi connectivity index (χ1) is 11.7. The van der Waals surface area contributed by atoms with Crippen molar-refractivity contribution in [2.75, 3.05) is 0 Å². The normalized spacial score (nSPS) is 12.5. The molecule has 2 aromatic carbocycles. The Morgan fingerprint density at radius 2 is 1.76 bits per heavy atom. The van der Waals surface area contributed by atoms with Gasteiger partial charge in [-0.2, -0.15) is 21.6 Å². The Balaban J connectivity index is 2.09. The monoisotopic (exact) mass is 367 g/mol. The van der Waals surface area contributed by atoms with Gasteiger partial charge in [-0.15, -0.1) is 0 Å². The van der Waals surface area contributed by atoms with Crippen molar-refractivity contribution in [2.24, 2.45) is 0 Å². The summed E-state index contributed by atoms with van der Waals surface area (Å²) >= 11 is 0. The minimum absolute atomic E-state index is 0.0934. The van der Waals surface area contributed by atoms with E-state index in [9.17, 15) is 21.6 Å².